The van der Waals surface area contributed by atoms with Crippen LogP contribution >= 0.6 is 12.6 Å². The zero-order valence-corrected chi connectivity index (χ0v) is 9.45. The quantitative estimate of drug-likeness (QED) is 0.493. The molecule has 0 saturated carbocycles. The molecule has 0 bridgehead atoms. The van der Waals surface area contributed by atoms with Crippen molar-refractivity contribution in [2.75, 3.05) is 6.61 Å². The van der Waals surface area contributed by atoms with E-state index in [-0.39, 0.29) is 23.3 Å². The molecule has 82 valence electrons. The van der Waals surface area contributed by atoms with Gasteiger partial charge < -0.3 is 4.74 Å². The van der Waals surface area contributed by atoms with Crippen molar-refractivity contribution in [2.24, 2.45) is 0 Å². The second kappa shape index (κ2) is 5.33. The van der Waals surface area contributed by atoms with Gasteiger partial charge >= 0.3 is 5.97 Å². The Morgan fingerprint density at radius 2 is 2.31 bits per heavy atom. The van der Waals surface area contributed by atoms with Gasteiger partial charge in [0.15, 0.2) is 6.29 Å². The van der Waals surface area contributed by atoms with E-state index in [9.17, 15) is 9.59 Å². The fourth-order valence-corrected chi connectivity index (χ4v) is 1.48. The Labute approximate surface area is 98.2 Å². The summed E-state index contributed by atoms with van der Waals surface area (Å²) < 4.78 is 4.78. The molecule has 16 heavy (non-hydrogen) atoms. The summed E-state index contributed by atoms with van der Waals surface area (Å²) in [6.07, 6.45) is 0.463. The topological polar surface area (TPSA) is 67.2 Å². The molecule has 1 aromatic rings. The van der Waals surface area contributed by atoms with E-state index >= 15 is 0 Å². The maximum atomic E-state index is 11.5. The minimum absolute atomic E-state index is 0.0217. The number of carbonyl (C=O) groups is 2. The smallest absolute Gasteiger partial charge is 0.338 e. The van der Waals surface area contributed by atoms with E-state index in [1.165, 1.54) is 12.1 Å². The second-order valence-corrected chi connectivity index (χ2v) is 3.35. The number of aldehydes is 1. The summed E-state index contributed by atoms with van der Waals surface area (Å²) in [5.41, 5.74) is 0.198. The summed E-state index contributed by atoms with van der Waals surface area (Å²) >= 11 is 4.04. The molecule has 0 aliphatic heterocycles. The maximum absolute atomic E-state index is 11.5. The van der Waals surface area contributed by atoms with Crippen molar-refractivity contribution in [3.05, 3.63) is 28.8 Å². The van der Waals surface area contributed by atoms with Gasteiger partial charge in [-0.2, -0.15) is 5.26 Å². The summed E-state index contributed by atoms with van der Waals surface area (Å²) in [5, 5.41) is 8.86. The highest BCUT2D eigenvalue weighted by Gasteiger charge is 2.17. The second-order valence-electron chi connectivity index (χ2n) is 2.87. The first-order valence-corrected chi connectivity index (χ1v) is 4.98. The predicted octanol–water partition coefficient (Wildman–Crippen LogP) is 1.84. The van der Waals surface area contributed by atoms with Crippen molar-refractivity contribution in [2.45, 2.75) is 11.8 Å². The van der Waals surface area contributed by atoms with E-state index in [0.29, 0.717) is 11.2 Å². The summed E-state index contributed by atoms with van der Waals surface area (Å²) in [4.78, 5) is 22.7. The molecule has 0 amide bonds. The Balaban J connectivity index is 3.37. The maximum Gasteiger partial charge on any atom is 0.338 e. The predicted molar refractivity (Wildman–Crippen MR) is 59.8 cm³/mol. The number of benzene rings is 1. The van der Waals surface area contributed by atoms with Gasteiger partial charge in [-0.05, 0) is 19.1 Å². The highest BCUT2D eigenvalue weighted by atomic mass is 32.1. The van der Waals surface area contributed by atoms with Crippen LogP contribution in [0.2, 0.25) is 0 Å². The zero-order valence-electron chi connectivity index (χ0n) is 8.56. The Kier molecular flexibility index (Phi) is 4.09. The molecular formula is C11H9NO3S. The normalized spacial score (nSPS) is 9.31. The van der Waals surface area contributed by atoms with Gasteiger partial charge in [-0.3, -0.25) is 4.79 Å². The van der Waals surface area contributed by atoms with Gasteiger partial charge in [-0.1, -0.05) is 0 Å². The van der Waals surface area contributed by atoms with Crippen LogP contribution in [-0.2, 0) is 4.74 Å². The van der Waals surface area contributed by atoms with Crippen LogP contribution in [0, 0.1) is 11.3 Å². The molecule has 0 aliphatic rings. The first kappa shape index (κ1) is 12.3. The van der Waals surface area contributed by atoms with Crippen LogP contribution in [0.5, 0.6) is 0 Å². The van der Waals surface area contributed by atoms with Crippen LogP contribution < -0.4 is 0 Å². The molecule has 0 unspecified atom stereocenters. The molecule has 0 N–H and O–H groups in total. The van der Waals surface area contributed by atoms with Gasteiger partial charge in [-0.15, -0.1) is 12.6 Å². The number of esters is 1. The van der Waals surface area contributed by atoms with Crippen molar-refractivity contribution < 1.29 is 14.3 Å². The number of nitrogens with zero attached hydrogens (tertiary/aromatic N) is 1. The van der Waals surface area contributed by atoms with Crippen LogP contribution in [0.3, 0.4) is 0 Å². The van der Waals surface area contributed by atoms with Crippen LogP contribution in [0.1, 0.15) is 33.2 Å². The van der Waals surface area contributed by atoms with Gasteiger partial charge in [0.25, 0.3) is 0 Å². The molecule has 0 aromatic heterocycles. The number of hydrogen-bond acceptors (Lipinski definition) is 5. The van der Waals surface area contributed by atoms with Gasteiger partial charge in [0.2, 0.25) is 0 Å². The fraction of sp³-hybridized carbons (Fsp3) is 0.182. The Morgan fingerprint density at radius 3 is 2.81 bits per heavy atom. The van der Waals surface area contributed by atoms with Gasteiger partial charge in [-0.25, -0.2) is 4.79 Å². The fourth-order valence-electron chi connectivity index (χ4n) is 1.23. The molecule has 4 nitrogen and oxygen atoms in total. The minimum Gasteiger partial charge on any atom is -0.462 e. The molecular weight excluding hydrogens is 226 g/mol. The molecule has 0 fully saturated rings. The molecule has 1 rings (SSSR count). The molecule has 0 spiro atoms. The number of thiol groups is 1. The monoisotopic (exact) mass is 235 g/mol. The van der Waals surface area contributed by atoms with Crippen molar-refractivity contribution in [3.8, 4) is 6.07 Å². The molecule has 1 aromatic carbocycles. The van der Waals surface area contributed by atoms with Gasteiger partial charge in [0, 0.05) is 10.5 Å². The van der Waals surface area contributed by atoms with Crippen LogP contribution in [0.15, 0.2) is 17.0 Å². The van der Waals surface area contributed by atoms with Crippen molar-refractivity contribution in [3.63, 3.8) is 0 Å². The number of rotatable bonds is 3. The summed E-state index contributed by atoms with van der Waals surface area (Å²) in [7, 11) is 0. The molecule has 0 radical (unpaired) electrons. The van der Waals surface area contributed by atoms with Gasteiger partial charge in [0.1, 0.15) is 6.07 Å². The van der Waals surface area contributed by atoms with Crippen LogP contribution in [0.4, 0.5) is 0 Å². The van der Waals surface area contributed by atoms with Crippen molar-refractivity contribution in [1.29, 1.82) is 5.26 Å². The molecule has 0 saturated heterocycles. The SMILES string of the molecule is CCOC(=O)c1ccc(S)c(C#N)c1C=O. The van der Waals surface area contributed by atoms with Crippen LogP contribution in [-0.4, -0.2) is 18.9 Å². The Bertz CT molecular complexity index is 477. The van der Waals surface area contributed by atoms with E-state index in [1.807, 2.05) is 6.07 Å². The lowest BCUT2D eigenvalue weighted by Crippen LogP contribution is -2.09. The number of ether oxygens (including phenoxy) is 1. The molecule has 0 aliphatic carbocycles. The highest BCUT2D eigenvalue weighted by molar-refractivity contribution is 7.80. The first-order valence-electron chi connectivity index (χ1n) is 4.54. The summed E-state index contributed by atoms with van der Waals surface area (Å²) in [6.45, 7) is 1.87. The summed E-state index contributed by atoms with van der Waals surface area (Å²) in [6, 6.07) is 4.75. The lowest BCUT2D eigenvalue weighted by molar-refractivity contribution is 0.0524. The molecule has 5 heteroatoms. The molecule has 0 heterocycles. The number of hydrogen-bond donors (Lipinski definition) is 1. The standard InChI is InChI=1S/C11H9NO3S/c1-2-15-11(14)7-3-4-10(16)8(5-12)9(7)6-13/h3-4,6,16H,2H2,1H3. The number of nitriles is 1. The Hall–Kier alpha value is -1.80. The lowest BCUT2D eigenvalue weighted by Gasteiger charge is -2.07. The van der Waals surface area contributed by atoms with E-state index in [0.717, 1.165) is 0 Å². The van der Waals surface area contributed by atoms with Crippen molar-refractivity contribution in [1.82, 2.24) is 0 Å². The molecule has 0 atom stereocenters. The minimum atomic E-state index is -0.616. The van der Waals surface area contributed by atoms with E-state index in [4.69, 9.17) is 10.00 Å². The zero-order chi connectivity index (χ0) is 12.1. The Morgan fingerprint density at radius 1 is 1.62 bits per heavy atom. The van der Waals surface area contributed by atoms with E-state index < -0.39 is 5.97 Å². The highest BCUT2D eigenvalue weighted by Crippen LogP contribution is 2.20. The average Bonchev–Trinajstić information content (AvgIpc) is 2.28. The lowest BCUT2D eigenvalue weighted by atomic mass is 10.0. The summed E-state index contributed by atoms with van der Waals surface area (Å²) in [5.74, 6) is -0.616. The average molecular weight is 235 g/mol. The third-order valence-corrected chi connectivity index (χ3v) is 2.32. The van der Waals surface area contributed by atoms with Gasteiger partial charge in [0.05, 0.1) is 17.7 Å². The van der Waals surface area contributed by atoms with E-state index in [1.54, 1.807) is 6.92 Å². The first-order chi connectivity index (χ1) is 7.65. The number of carbonyl (C=O) groups excluding carboxylic acids is 2. The third-order valence-electron chi connectivity index (χ3n) is 1.95. The van der Waals surface area contributed by atoms with Crippen LogP contribution in [0.25, 0.3) is 0 Å². The van der Waals surface area contributed by atoms with Crippen molar-refractivity contribution >= 4 is 24.9 Å². The third kappa shape index (κ3) is 2.23. The largest absolute Gasteiger partial charge is 0.462 e. The van der Waals surface area contributed by atoms with E-state index in [2.05, 4.69) is 12.6 Å².